The van der Waals surface area contributed by atoms with E-state index in [2.05, 4.69) is 0 Å². The number of rotatable bonds is 6. The van der Waals surface area contributed by atoms with E-state index >= 15 is 0 Å². The fourth-order valence-electron chi connectivity index (χ4n) is 1.80. The van der Waals surface area contributed by atoms with Crippen molar-refractivity contribution in [3.63, 3.8) is 0 Å². The summed E-state index contributed by atoms with van der Waals surface area (Å²) >= 11 is 11.6. The van der Waals surface area contributed by atoms with Crippen molar-refractivity contribution >= 4 is 35.0 Å². The summed E-state index contributed by atoms with van der Waals surface area (Å²) < 4.78 is 10.2. The SMILES string of the molecule is Cc1ccccc1OCC(=O)OCC(=O)c1ccc(Cl)c(Cl)c1. The first-order valence-corrected chi connectivity index (χ1v) is 7.55. The highest BCUT2D eigenvalue weighted by molar-refractivity contribution is 6.42. The van der Waals surface area contributed by atoms with Crippen LogP contribution in [0.3, 0.4) is 0 Å². The van der Waals surface area contributed by atoms with Gasteiger partial charge in [-0.05, 0) is 36.8 Å². The van der Waals surface area contributed by atoms with Crippen LogP contribution in [-0.4, -0.2) is 25.0 Å². The first-order valence-electron chi connectivity index (χ1n) is 6.79. The number of carbonyl (C=O) groups excluding carboxylic acids is 2. The Morgan fingerprint density at radius 1 is 1.00 bits per heavy atom. The van der Waals surface area contributed by atoms with Crippen LogP contribution in [0.1, 0.15) is 15.9 Å². The van der Waals surface area contributed by atoms with Crippen LogP contribution in [0.5, 0.6) is 5.75 Å². The zero-order chi connectivity index (χ0) is 16.8. The molecule has 0 bridgehead atoms. The second-order valence-corrected chi connectivity index (χ2v) is 5.58. The molecule has 0 aliphatic heterocycles. The Morgan fingerprint density at radius 2 is 1.74 bits per heavy atom. The molecular formula is C17H14Cl2O4. The maximum Gasteiger partial charge on any atom is 0.344 e. The largest absolute Gasteiger partial charge is 0.482 e. The molecule has 0 saturated heterocycles. The first-order chi connectivity index (χ1) is 11.0. The van der Waals surface area contributed by atoms with Crippen molar-refractivity contribution in [3.8, 4) is 5.75 Å². The zero-order valence-electron chi connectivity index (χ0n) is 12.3. The van der Waals surface area contributed by atoms with Gasteiger partial charge in [0, 0.05) is 5.56 Å². The molecule has 4 nitrogen and oxygen atoms in total. The van der Waals surface area contributed by atoms with Gasteiger partial charge in [0.2, 0.25) is 0 Å². The average Bonchev–Trinajstić information content (AvgIpc) is 2.54. The number of ether oxygens (including phenoxy) is 2. The minimum absolute atomic E-state index is 0.264. The number of esters is 1. The molecule has 0 radical (unpaired) electrons. The Hall–Kier alpha value is -2.04. The number of hydrogen-bond donors (Lipinski definition) is 0. The Bertz CT molecular complexity index is 728. The molecule has 2 rings (SSSR count). The molecule has 0 spiro atoms. The van der Waals surface area contributed by atoms with Crippen molar-refractivity contribution < 1.29 is 19.1 Å². The van der Waals surface area contributed by atoms with Crippen molar-refractivity contribution in [2.45, 2.75) is 6.92 Å². The van der Waals surface area contributed by atoms with Crippen molar-refractivity contribution in [3.05, 3.63) is 63.6 Å². The monoisotopic (exact) mass is 352 g/mol. The second-order valence-electron chi connectivity index (χ2n) is 4.77. The summed E-state index contributed by atoms with van der Waals surface area (Å²) in [5.74, 6) is -0.394. The molecule has 2 aromatic rings. The van der Waals surface area contributed by atoms with Gasteiger partial charge in [-0.2, -0.15) is 0 Å². The van der Waals surface area contributed by atoms with Gasteiger partial charge >= 0.3 is 5.97 Å². The quantitative estimate of drug-likeness (QED) is 0.579. The maximum atomic E-state index is 11.9. The van der Waals surface area contributed by atoms with Crippen LogP contribution in [-0.2, 0) is 9.53 Å². The highest BCUT2D eigenvalue weighted by Crippen LogP contribution is 2.22. The van der Waals surface area contributed by atoms with Crippen molar-refractivity contribution in [1.29, 1.82) is 0 Å². The van der Waals surface area contributed by atoms with Gasteiger partial charge in [-0.1, -0.05) is 41.4 Å². The highest BCUT2D eigenvalue weighted by Gasteiger charge is 2.12. The van der Waals surface area contributed by atoms with Gasteiger partial charge in [-0.25, -0.2) is 4.79 Å². The molecule has 2 aromatic carbocycles. The number of halogens is 2. The lowest BCUT2D eigenvalue weighted by Gasteiger charge is -2.09. The number of Topliss-reactive ketones (excluding diaryl/α,β-unsaturated/α-hetero) is 1. The van der Waals surface area contributed by atoms with E-state index in [1.54, 1.807) is 6.07 Å². The minimum atomic E-state index is -0.623. The van der Waals surface area contributed by atoms with Crippen LogP contribution < -0.4 is 4.74 Å². The van der Waals surface area contributed by atoms with Crippen LogP contribution in [0, 0.1) is 6.92 Å². The Morgan fingerprint density at radius 3 is 2.43 bits per heavy atom. The Kier molecular flexibility index (Phi) is 6.02. The van der Waals surface area contributed by atoms with Crippen LogP contribution in [0.2, 0.25) is 10.0 Å². The fourth-order valence-corrected chi connectivity index (χ4v) is 2.09. The number of carbonyl (C=O) groups is 2. The molecule has 23 heavy (non-hydrogen) atoms. The third-order valence-electron chi connectivity index (χ3n) is 3.04. The lowest BCUT2D eigenvalue weighted by atomic mass is 10.1. The smallest absolute Gasteiger partial charge is 0.344 e. The summed E-state index contributed by atoms with van der Waals surface area (Å²) in [5, 5.41) is 0.624. The molecule has 0 atom stereocenters. The maximum absolute atomic E-state index is 11.9. The topological polar surface area (TPSA) is 52.6 Å². The predicted molar refractivity (Wildman–Crippen MR) is 88.4 cm³/mol. The number of para-hydroxylation sites is 1. The first kappa shape index (κ1) is 17.3. The molecule has 0 aliphatic carbocycles. The lowest BCUT2D eigenvalue weighted by molar-refractivity contribution is -0.144. The van der Waals surface area contributed by atoms with E-state index in [1.165, 1.54) is 18.2 Å². The molecule has 0 aromatic heterocycles. The van der Waals surface area contributed by atoms with Crippen LogP contribution in [0.25, 0.3) is 0 Å². The van der Waals surface area contributed by atoms with Gasteiger partial charge in [-0.3, -0.25) is 4.79 Å². The summed E-state index contributed by atoms with van der Waals surface area (Å²) in [6.07, 6.45) is 0. The fraction of sp³-hybridized carbons (Fsp3) is 0.176. The molecule has 0 saturated carbocycles. The summed E-state index contributed by atoms with van der Waals surface area (Å²) in [6, 6.07) is 11.8. The van der Waals surface area contributed by atoms with Gasteiger partial charge in [0.1, 0.15) is 5.75 Å². The standard InChI is InChI=1S/C17H14Cl2O4/c1-11-4-2-3-5-16(11)22-10-17(21)23-9-15(20)12-6-7-13(18)14(19)8-12/h2-8H,9-10H2,1H3. The van der Waals surface area contributed by atoms with E-state index < -0.39 is 5.97 Å². The minimum Gasteiger partial charge on any atom is -0.482 e. The lowest BCUT2D eigenvalue weighted by Crippen LogP contribution is -2.19. The van der Waals surface area contributed by atoms with Gasteiger partial charge in [-0.15, -0.1) is 0 Å². The molecule has 120 valence electrons. The normalized spacial score (nSPS) is 10.2. The highest BCUT2D eigenvalue weighted by atomic mass is 35.5. The van der Waals surface area contributed by atoms with Crippen LogP contribution in [0.4, 0.5) is 0 Å². The molecule has 0 amide bonds. The van der Waals surface area contributed by atoms with Gasteiger partial charge < -0.3 is 9.47 Å². The van der Waals surface area contributed by atoms with Gasteiger partial charge in [0.15, 0.2) is 19.0 Å². The summed E-state index contributed by atoms with van der Waals surface area (Å²) in [4.78, 5) is 23.6. The van der Waals surface area contributed by atoms with Crippen LogP contribution >= 0.6 is 23.2 Å². The van der Waals surface area contributed by atoms with E-state index in [4.69, 9.17) is 32.7 Å². The predicted octanol–water partition coefficient (Wildman–Crippen LogP) is 4.11. The molecule has 0 aliphatic rings. The van der Waals surface area contributed by atoms with E-state index in [9.17, 15) is 9.59 Å². The zero-order valence-corrected chi connectivity index (χ0v) is 13.9. The third kappa shape index (κ3) is 4.98. The molecule has 0 N–H and O–H groups in total. The summed E-state index contributed by atoms with van der Waals surface area (Å²) in [5.41, 5.74) is 1.24. The average molecular weight is 353 g/mol. The second kappa shape index (κ2) is 7.99. The van der Waals surface area contributed by atoms with Gasteiger partial charge in [0.05, 0.1) is 10.0 Å². The van der Waals surface area contributed by atoms with E-state index in [0.717, 1.165) is 5.56 Å². The molecule has 0 unspecified atom stereocenters. The molecule has 0 fully saturated rings. The number of ketones is 1. The summed E-state index contributed by atoms with van der Waals surface area (Å²) in [7, 11) is 0. The van der Waals surface area contributed by atoms with Gasteiger partial charge in [0.25, 0.3) is 0 Å². The van der Waals surface area contributed by atoms with Crippen molar-refractivity contribution in [2.24, 2.45) is 0 Å². The third-order valence-corrected chi connectivity index (χ3v) is 3.78. The number of hydrogen-bond acceptors (Lipinski definition) is 4. The van der Waals surface area contributed by atoms with Crippen molar-refractivity contribution in [1.82, 2.24) is 0 Å². The number of benzene rings is 2. The Balaban J connectivity index is 1.83. The molecule has 6 heteroatoms. The van der Waals surface area contributed by atoms with E-state index in [0.29, 0.717) is 16.3 Å². The van der Waals surface area contributed by atoms with E-state index in [1.807, 2.05) is 25.1 Å². The van der Waals surface area contributed by atoms with Crippen LogP contribution in [0.15, 0.2) is 42.5 Å². The summed E-state index contributed by atoms with van der Waals surface area (Å²) in [6.45, 7) is 1.22. The molecular weight excluding hydrogens is 339 g/mol. The Labute approximate surface area is 143 Å². The molecule has 0 heterocycles. The number of aryl methyl sites for hydroxylation is 1. The van der Waals surface area contributed by atoms with Crippen molar-refractivity contribution in [2.75, 3.05) is 13.2 Å². The van der Waals surface area contributed by atoms with E-state index in [-0.39, 0.29) is 24.0 Å².